The fourth-order valence-corrected chi connectivity index (χ4v) is 2.07. The highest BCUT2D eigenvalue weighted by Gasteiger charge is 2.02. The largest absolute Gasteiger partial charge is 0.322 e. The van der Waals surface area contributed by atoms with Crippen molar-refractivity contribution in [3.05, 3.63) is 69.7 Å². The van der Waals surface area contributed by atoms with Crippen LogP contribution < -0.4 is 5.32 Å². The Morgan fingerprint density at radius 2 is 1.80 bits per heavy atom. The number of hydrogen-bond acceptors (Lipinski definition) is 1. The van der Waals surface area contributed by atoms with Crippen molar-refractivity contribution in [2.24, 2.45) is 0 Å². The summed E-state index contributed by atoms with van der Waals surface area (Å²) in [7, 11) is 0. The predicted octanol–water partition coefficient (Wildman–Crippen LogP) is 4.72. The van der Waals surface area contributed by atoms with E-state index in [0.29, 0.717) is 0 Å². The van der Waals surface area contributed by atoms with E-state index in [2.05, 4.69) is 21.2 Å². The zero-order chi connectivity index (χ0) is 14.5. The molecule has 0 heterocycles. The first-order valence-electron chi connectivity index (χ1n) is 6.37. The smallest absolute Gasteiger partial charge is 0.248 e. The first kappa shape index (κ1) is 14.5. The number of hydrogen-bond donors (Lipinski definition) is 1. The normalized spacial score (nSPS) is 10.8. The van der Waals surface area contributed by atoms with Crippen LogP contribution in [0, 0.1) is 13.8 Å². The van der Waals surface area contributed by atoms with Crippen molar-refractivity contribution in [1.29, 1.82) is 0 Å². The molecule has 0 bridgehead atoms. The van der Waals surface area contributed by atoms with Gasteiger partial charge in [0.15, 0.2) is 0 Å². The monoisotopic (exact) mass is 329 g/mol. The van der Waals surface area contributed by atoms with E-state index in [-0.39, 0.29) is 5.91 Å². The zero-order valence-electron chi connectivity index (χ0n) is 11.5. The number of carbonyl (C=O) groups excluding carboxylic acids is 1. The molecule has 0 atom stereocenters. The van der Waals surface area contributed by atoms with Crippen molar-refractivity contribution < 1.29 is 4.79 Å². The molecule has 3 heteroatoms. The highest BCUT2D eigenvalue weighted by Crippen LogP contribution is 2.18. The van der Waals surface area contributed by atoms with Gasteiger partial charge in [-0.25, -0.2) is 0 Å². The van der Waals surface area contributed by atoms with Gasteiger partial charge in [0.2, 0.25) is 5.91 Å². The van der Waals surface area contributed by atoms with Crippen LogP contribution in [-0.2, 0) is 4.79 Å². The van der Waals surface area contributed by atoms with E-state index in [1.54, 1.807) is 12.2 Å². The summed E-state index contributed by atoms with van der Waals surface area (Å²) >= 11 is 3.38. The van der Waals surface area contributed by atoms with Crippen molar-refractivity contribution in [1.82, 2.24) is 0 Å². The molecule has 2 aromatic carbocycles. The van der Waals surface area contributed by atoms with Gasteiger partial charge in [-0.2, -0.15) is 0 Å². The van der Waals surface area contributed by atoms with Crippen molar-refractivity contribution in [2.45, 2.75) is 13.8 Å². The fourth-order valence-electron chi connectivity index (χ4n) is 1.81. The van der Waals surface area contributed by atoms with E-state index >= 15 is 0 Å². The molecule has 1 N–H and O–H groups in total. The Morgan fingerprint density at radius 3 is 2.50 bits per heavy atom. The number of anilines is 1. The minimum atomic E-state index is -0.124. The summed E-state index contributed by atoms with van der Waals surface area (Å²) in [6, 6.07) is 13.7. The Balaban J connectivity index is 2.05. The van der Waals surface area contributed by atoms with Gasteiger partial charge < -0.3 is 5.32 Å². The predicted molar refractivity (Wildman–Crippen MR) is 87.7 cm³/mol. The number of benzene rings is 2. The van der Waals surface area contributed by atoms with Crippen LogP contribution in [-0.4, -0.2) is 5.91 Å². The summed E-state index contributed by atoms with van der Waals surface area (Å²) in [6.07, 6.45) is 3.35. The van der Waals surface area contributed by atoms with E-state index in [0.717, 1.165) is 21.3 Å². The topological polar surface area (TPSA) is 29.1 Å². The Bertz CT molecular complexity index is 645. The third-order valence-electron chi connectivity index (χ3n) is 3.16. The number of rotatable bonds is 3. The molecule has 2 rings (SSSR count). The molecular formula is C17H16BrNO. The quantitative estimate of drug-likeness (QED) is 0.811. The molecule has 0 fully saturated rings. The maximum Gasteiger partial charge on any atom is 0.248 e. The van der Waals surface area contributed by atoms with E-state index in [9.17, 15) is 4.79 Å². The SMILES string of the molecule is Cc1cccc(NC(=O)C=Cc2ccc(Br)cc2)c1C. The number of halogens is 1. The molecule has 0 unspecified atom stereocenters. The van der Waals surface area contributed by atoms with Crippen molar-refractivity contribution >= 4 is 33.6 Å². The highest BCUT2D eigenvalue weighted by atomic mass is 79.9. The van der Waals surface area contributed by atoms with Gasteiger partial charge in [0.25, 0.3) is 0 Å². The van der Waals surface area contributed by atoms with Gasteiger partial charge in [-0.05, 0) is 54.8 Å². The minimum Gasteiger partial charge on any atom is -0.322 e. The third-order valence-corrected chi connectivity index (χ3v) is 3.69. The standard InChI is InChI=1S/C17H16BrNO/c1-12-4-3-5-16(13(12)2)19-17(20)11-8-14-6-9-15(18)10-7-14/h3-11H,1-2H3,(H,19,20). The average molecular weight is 330 g/mol. The lowest BCUT2D eigenvalue weighted by Gasteiger charge is -2.08. The molecule has 102 valence electrons. The molecule has 1 amide bonds. The molecule has 0 spiro atoms. The fraction of sp³-hybridized carbons (Fsp3) is 0.118. The molecule has 2 nitrogen and oxygen atoms in total. The van der Waals surface area contributed by atoms with Gasteiger partial charge in [0.05, 0.1) is 0 Å². The van der Waals surface area contributed by atoms with Crippen LogP contribution in [0.3, 0.4) is 0 Å². The van der Waals surface area contributed by atoms with Gasteiger partial charge in [0.1, 0.15) is 0 Å². The van der Waals surface area contributed by atoms with Crippen molar-refractivity contribution in [3.8, 4) is 0 Å². The second-order valence-electron chi connectivity index (χ2n) is 4.62. The summed E-state index contributed by atoms with van der Waals surface area (Å²) in [4.78, 5) is 11.9. The maximum atomic E-state index is 11.9. The summed E-state index contributed by atoms with van der Waals surface area (Å²) < 4.78 is 1.02. The van der Waals surface area contributed by atoms with Gasteiger partial charge in [0, 0.05) is 16.2 Å². The molecule has 0 aliphatic rings. The molecule has 0 aromatic heterocycles. The molecule has 0 saturated carbocycles. The molecular weight excluding hydrogens is 314 g/mol. The Hall–Kier alpha value is -1.87. The Kier molecular flexibility index (Phi) is 4.74. The first-order chi connectivity index (χ1) is 9.56. The second kappa shape index (κ2) is 6.53. The Morgan fingerprint density at radius 1 is 1.10 bits per heavy atom. The summed E-state index contributed by atoms with van der Waals surface area (Å²) in [5, 5.41) is 2.90. The molecule has 0 radical (unpaired) electrons. The lowest BCUT2D eigenvalue weighted by atomic mass is 10.1. The third kappa shape index (κ3) is 3.81. The lowest BCUT2D eigenvalue weighted by molar-refractivity contribution is -0.111. The summed E-state index contributed by atoms with van der Waals surface area (Å²) in [5.41, 5.74) is 4.11. The van der Waals surface area contributed by atoms with E-state index in [4.69, 9.17) is 0 Å². The van der Waals surface area contributed by atoms with Gasteiger partial charge >= 0.3 is 0 Å². The Labute approximate surface area is 127 Å². The molecule has 0 aliphatic heterocycles. The van der Waals surface area contributed by atoms with Gasteiger partial charge in [-0.1, -0.05) is 40.2 Å². The minimum absolute atomic E-state index is 0.124. The number of nitrogens with one attached hydrogen (secondary N) is 1. The van der Waals surface area contributed by atoms with E-state index in [1.165, 1.54) is 5.56 Å². The van der Waals surface area contributed by atoms with Crippen LogP contribution in [0.2, 0.25) is 0 Å². The van der Waals surface area contributed by atoms with Crippen LogP contribution >= 0.6 is 15.9 Å². The lowest BCUT2D eigenvalue weighted by Crippen LogP contribution is -2.09. The number of amides is 1. The highest BCUT2D eigenvalue weighted by molar-refractivity contribution is 9.10. The maximum absolute atomic E-state index is 11.9. The summed E-state index contributed by atoms with van der Waals surface area (Å²) in [6.45, 7) is 4.03. The number of carbonyl (C=O) groups is 1. The van der Waals surface area contributed by atoms with Crippen molar-refractivity contribution in [2.75, 3.05) is 5.32 Å². The average Bonchev–Trinajstić information content (AvgIpc) is 2.43. The van der Waals surface area contributed by atoms with E-state index < -0.39 is 0 Å². The molecule has 20 heavy (non-hydrogen) atoms. The zero-order valence-corrected chi connectivity index (χ0v) is 13.1. The van der Waals surface area contributed by atoms with Crippen molar-refractivity contribution in [3.63, 3.8) is 0 Å². The van der Waals surface area contributed by atoms with E-state index in [1.807, 2.05) is 56.3 Å². The number of aryl methyl sites for hydroxylation is 1. The van der Waals surface area contributed by atoms with Crippen LogP contribution in [0.5, 0.6) is 0 Å². The van der Waals surface area contributed by atoms with Crippen LogP contribution in [0.25, 0.3) is 6.08 Å². The van der Waals surface area contributed by atoms with Crippen LogP contribution in [0.1, 0.15) is 16.7 Å². The van der Waals surface area contributed by atoms with Crippen LogP contribution in [0.4, 0.5) is 5.69 Å². The molecule has 2 aromatic rings. The van der Waals surface area contributed by atoms with Gasteiger partial charge in [-0.15, -0.1) is 0 Å². The first-order valence-corrected chi connectivity index (χ1v) is 7.16. The van der Waals surface area contributed by atoms with Crippen LogP contribution in [0.15, 0.2) is 53.0 Å². The van der Waals surface area contributed by atoms with Gasteiger partial charge in [-0.3, -0.25) is 4.79 Å². The molecule has 0 saturated heterocycles. The molecule has 0 aliphatic carbocycles. The second-order valence-corrected chi connectivity index (χ2v) is 5.54. The summed E-state index contributed by atoms with van der Waals surface area (Å²) in [5.74, 6) is -0.124.